The molecule has 0 aromatic heterocycles. The molecule has 0 aliphatic heterocycles. The van der Waals surface area contributed by atoms with E-state index in [1.807, 2.05) is 13.0 Å². The Morgan fingerprint density at radius 2 is 2.33 bits per heavy atom. The van der Waals surface area contributed by atoms with Crippen LogP contribution >= 0.6 is 15.9 Å². The Labute approximate surface area is 98.2 Å². The lowest BCUT2D eigenvalue weighted by atomic mass is 10.0. The number of nitrogens with one attached hydrogen (secondary N) is 1. The zero-order chi connectivity index (χ0) is 11.3. The minimum atomic E-state index is -0.237. The van der Waals surface area contributed by atoms with Gasteiger partial charge in [0.1, 0.15) is 5.82 Å². The van der Waals surface area contributed by atoms with Crippen molar-refractivity contribution in [2.75, 3.05) is 6.54 Å². The second-order valence-electron chi connectivity index (χ2n) is 3.16. The molecule has 1 N–H and O–H groups in total. The molecule has 80 valence electrons. The smallest absolute Gasteiger partial charge is 0.142 e. The fourth-order valence-electron chi connectivity index (χ4n) is 1.45. The van der Waals surface area contributed by atoms with Gasteiger partial charge in [0.2, 0.25) is 0 Å². The fourth-order valence-corrected chi connectivity index (χ4v) is 1.83. The van der Waals surface area contributed by atoms with E-state index in [1.54, 1.807) is 12.1 Å². The van der Waals surface area contributed by atoms with E-state index in [0.717, 1.165) is 6.54 Å². The van der Waals surface area contributed by atoms with Crippen LogP contribution in [0.5, 0.6) is 0 Å². The second-order valence-corrected chi connectivity index (χ2v) is 4.02. The van der Waals surface area contributed by atoms with Gasteiger partial charge < -0.3 is 5.32 Å². The number of halogens is 2. The van der Waals surface area contributed by atoms with Gasteiger partial charge in [0, 0.05) is 18.0 Å². The molecule has 0 saturated carbocycles. The molecule has 0 aliphatic carbocycles. The normalized spacial score (nSPS) is 12.1. The molecule has 1 atom stereocenters. The first-order chi connectivity index (χ1) is 7.20. The van der Waals surface area contributed by atoms with Crippen molar-refractivity contribution in [2.45, 2.75) is 19.4 Å². The molecule has 0 heterocycles. The van der Waals surface area contributed by atoms with E-state index in [2.05, 4.69) is 27.2 Å². The van der Waals surface area contributed by atoms with Crippen molar-refractivity contribution in [2.24, 2.45) is 0 Å². The predicted octanol–water partition coefficient (Wildman–Crippen LogP) is 3.26. The van der Waals surface area contributed by atoms with Crippen LogP contribution in [-0.2, 0) is 0 Å². The third-order valence-corrected chi connectivity index (χ3v) is 2.74. The van der Waals surface area contributed by atoms with E-state index in [1.165, 1.54) is 0 Å². The summed E-state index contributed by atoms with van der Waals surface area (Å²) in [5.41, 5.74) is 0.615. The summed E-state index contributed by atoms with van der Waals surface area (Å²) in [7, 11) is 0. The minimum absolute atomic E-state index is 0.113. The molecule has 1 aromatic carbocycles. The molecule has 0 radical (unpaired) electrons. The van der Waals surface area contributed by atoms with Crippen molar-refractivity contribution < 1.29 is 4.39 Å². The first kappa shape index (κ1) is 12.2. The summed E-state index contributed by atoms with van der Waals surface area (Å²) in [5, 5.41) is 3.16. The summed E-state index contributed by atoms with van der Waals surface area (Å²) in [6, 6.07) is 5.13. The number of hydrogen-bond acceptors (Lipinski definition) is 1. The van der Waals surface area contributed by atoms with Gasteiger partial charge in [0.25, 0.3) is 0 Å². The molecule has 0 bridgehead atoms. The molecule has 0 amide bonds. The van der Waals surface area contributed by atoms with Crippen molar-refractivity contribution in [3.05, 3.63) is 34.1 Å². The quantitative estimate of drug-likeness (QED) is 0.828. The number of rotatable bonds is 4. The van der Waals surface area contributed by atoms with E-state index in [0.29, 0.717) is 16.5 Å². The zero-order valence-electron chi connectivity index (χ0n) is 8.56. The summed E-state index contributed by atoms with van der Waals surface area (Å²) in [6.45, 7) is 2.73. The molecule has 3 heteroatoms. The van der Waals surface area contributed by atoms with E-state index in [9.17, 15) is 4.39 Å². The van der Waals surface area contributed by atoms with E-state index >= 15 is 0 Å². The monoisotopic (exact) mass is 269 g/mol. The van der Waals surface area contributed by atoms with Crippen molar-refractivity contribution in [3.63, 3.8) is 0 Å². The Hall–Kier alpha value is -0.850. The highest BCUT2D eigenvalue weighted by Crippen LogP contribution is 2.25. The van der Waals surface area contributed by atoms with Crippen LogP contribution in [0.25, 0.3) is 0 Å². The maximum absolute atomic E-state index is 13.7. The molecule has 0 spiro atoms. The third-order valence-electron chi connectivity index (χ3n) is 2.13. The average molecular weight is 270 g/mol. The molecule has 0 fully saturated rings. The molecule has 1 aromatic rings. The summed E-state index contributed by atoms with van der Waals surface area (Å²) in [5.74, 6) is 2.32. The van der Waals surface area contributed by atoms with Crippen LogP contribution in [0.2, 0.25) is 0 Å². The predicted molar refractivity (Wildman–Crippen MR) is 64.0 cm³/mol. The van der Waals surface area contributed by atoms with E-state index in [-0.39, 0.29) is 11.9 Å². The van der Waals surface area contributed by atoms with Gasteiger partial charge in [0.15, 0.2) is 0 Å². The summed E-state index contributed by atoms with van der Waals surface area (Å²) < 4.78 is 14.2. The lowest BCUT2D eigenvalue weighted by Gasteiger charge is -2.16. The molecular weight excluding hydrogens is 257 g/mol. The molecule has 1 rings (SSSR count). The molecule has 0 saturated heterocycles. The topological polar surface area (TPSA) is 12.0 Å². The van der Waals surface area contributed by atoms with Crippen LogP contribution in [0.15, 0.2) is 22.7 Å². The standard InChI is InChI=1S/C12H13BrFN/c1-3-6-11(15-4-2)9-7-5-8-10(13)12(9)14/h1,5,7-8,11,15H,4,6H2,2H3. The Bertz CT molecular complexity index is 370. The maximum atomic E-state index is 13.7. The van der Waals surface area contributed by atoms with Crippen molar-refractivity contribution in [1.29, 1.82) is 0 Å². The maximum Gasteiger partial charge on any atom is 0.142 e. The molecule has 15 heavy (non-hydrogen) atoms. The van der Waals surface area contributed by atoms with Gasteiger partial charge in [-0.1, -0.05) is 19.1 Å². The lowest BCUT2D eigenvalue weighted by Crippen LogP contribution is -2.21. The average Bonchev–Trinajstić information content (AvgIpc) is 2.22. The first-order valence-corrected chi connectivity index (χ1v) is 5.60. The Balaban J connectivity index is 3.00. The molecule has 1 unspecified atom stereocenters. The van der Waals surface area contributed by atoms with Gasteiger partial charge in [-0.15, -0.1) is 12.3 Å². The molecule has 0 aliphatic rings. The SMILES string of the molecule is C#CCC(NCC)c1cccc(Br)c1F. The minimum Gasteiger partial charge on any atom is -0.309 e. The Morgan fingerprint density at radius 3 is 2.93 bits per heavy atom. The van der Waals surface area contributed by atoms with Gasteiger partial charge in [-0.25, -0.2) is 4.39 Å². The number of terminal acetylenes is 1. The third kappa shape index (κ3) is 3.05. The molecular formula is C12H13BrFN. The van der Waals surface area contributed by atoms with Gasteiger partial charge in [0.05, 0.1) is 4.47 Å². The number of hydrogen-bond donors (Lipinski definition) is 1. The van der Waals surface area contributed by atoms with Crippen LogP contribution in [0.1, 0.15) is 24.9 Å². The van der Waals surface area contributed by atoms with Crippen LogP contribution < -0.4 is 5.32 Å². The Kier molecular flexibility index (Phi) is 4.80. The highest BCUT2D eigenvalue weighted by atomic mass is 79.9. The summed E-state index contributed by atoms with van der Waals surface area (Å²) >= 11 is 3.16. The first-order valence-electron chi connectivity index (χ1n) is 4.81. The number of benzene rings is 1. The van der Waals surface area contributed by atoms with E-state index in [4.69, 9.17) is 6.42 Å². The molecule has 1 nitrogen and oxygen atoms in total. The fraction of sp³-hybridized carbons (Fsp3) is 0.333. The van der Waals surface area contributed by atoms with Gasteiger partial charge in [-0.2, -0.15) is 0 Å². The van der Waals surface area contributed by atoms with Crippen LogP contribution in [0.3, 0.4) is 0 Å². The van der Waals surface area contributed by atoms with Crippen LogP contribution in [0.4, 0.5) is 4.39 Å². The summed E-state index contributed by atoms with van der Waals surface area (Å²) in [4.78, 5) is 0. The highest BCUT2D eigenvalue weighted by Gasteiger charge is 2.15. The van der Waals surface area contributed by atoms with Crippen LogP contribution in [-0.4, -0.2) is 6.54 Å². The van der Waals surface area contributed by atoms with Crippen molar-refractivity contribution in [1.82, 2.24) is 5.32 Å². The van der Waals surface area contributed by atoms with Gasteiger partial charge >= 0.3 is 0 Å². The van der Waals surface area contributed by atoms with Crippen LogP contribution in [0, 0.1) is 18.2 Å². The van der Waals surface area contributed by atoms with E-state index < -0.39 is 0 Å². The van der Waals surface area contributed by atoms with Crippen molar-refractivity contribution >= 4 is 15.9 Å². The van der Waals surface area contributed by atoms with Crippen molar-refractivity contribution in [3.8, 4) is 12.3 Å². The van der Waals surface area contributed by atoms with Gasteiger partial charge in [-0.05, 0) is 28.5 Å². The highest BCUT2D eigenvalue weighted by molar-refractivity contribution is 9.10. The largest absolute Gasteiger partial charge is 0.309 e. The zero-order valence-corrected chi connectivity index (χ0v) is 10.1. The van der Waals surface area contributed by atoms with Gasteiger partial charge in [-0.3, -0.25) is 0 Å². The second kappa shape index (κ2) is 5.89. The summed E-state index contributed by atoms with van der Waals surface area (Å²) in [6.07, 6.45) is 5.75. The Morgan fingerprint density at radius 1 is 1.60 bits per heavy atom. The lowest BCUT2D eigenvalue weighted by molar-refractivity contribution is 0.518.